The number of aryl methyl sites for hydroxylation is 1. The van der Waals surface area contributed by atoms with Gasteiger partial charge in [0.15, 0.2) is 0 Å². The number of hydrogen-bond donors (Lipinski definition) is 3. The topological polar surface area (TPSA) is 117 Å². The van der Waals surface area contributed by atoms with Crippen LogP contribution in [0.4, 0.5) is 11.4 Å². The Morgan fingerprint density at radius 2 is 2.05 bits per heavy atom. The highest BCUT2D eigenvalue weighted by atomic mass is 32.2. The van der Waals surface area contributed by atoms with Crippen LogP contribution in [-0.2, 0) is 16.4 Å². The second-order valence-corrected chi connectivity index (χ2v) is 6.12. The zero-order valence-electron chi connectivity index (χ0n) is 11.5. The number of aromatic amines is 1. The number of carbonyl (C=O) groups excluding carboxylic acids is 1. The average molecular weight is 309 g/mol. The van der Waals surface area contributed by atoms with Gasteiger partial charge in [-0.2, -0.15) is 0 Å². The van der Waals surface area contributed by atoms with E-state index in [2.05, 4.69) is 25.2 Å². The monoisotopic (exact) mass is 309 g/mol. The van der Waals surface area contributed by atoms with E-state index in [-0.39, 0.29) is 5.82 Å². The lowest BCUT2D eigenvalue weighted by atomic mass is 10.3. The van der Waals surface area contributed by atoms with Gasteiger partial charge in [0.25, 0.3) is 5.91 Å². The second kappa shape index (κ2) is 5.92. The van der Waals surface area contributed by atoms with Crippen molar-refractivity contribution in [2.75, 3.05) is 16.3 Å². The molecule has 0 aliphatic carbocycles. The molecule has 1 aromatic heterocycles. The van der Waals surface area contributed by atoms with Crippen LogP contribution in [0.25, 0.3) is 0 Å². The number of carbonyl (C=O) groups is 1. The summed E-state index contributed by atoms with van der Waals surface area (Å²) in [6.45, 7) is 1.89. The van der Waals surface area contributed by atoms with Gasteiger partial charge in [0.2, 0.25) is 15.8 Å². The molecule has 112 valence electrons. The Morgan fingerprint density at radius 3 is 2.67 bits per heavy atom. The van der Waals surface area contributed by atoms with Crippen LogP contribution in [0.1, 0.15) is 23.4 Å². The van der Waals surface area contributed by atoms with Crippen LogP contribution in [0.2, 0.25) is 0 Å². The van der Waals surface area contributed by atoms with Gasteiger partial charge in [-0.25, -0.2) is 13.4 Å². The second-order valence-electron chi connectivity index (χ2n) is 4.37. The van der Waals surface area contributed by atoms with Crippen molar-refractivity contribution >= 4 is 27.3 Å². The first kappa shape index (κ1) is 15.0. The molecule has 2 aromatic rings. The molecule has 0 unspecified atom stereocenters. The van der Waals surface area contributed by atoms with Gasteiger partial charge < -0.3 is 5.32 Å². The van der Waals surface area contributed by atoms with Crippen LogP contribution in [0.3, 0.4) is 0 Å². The summed E-state index contributed by atoms with van der Waals surface area (Å²) < 4.78 is 24.7. The summed E-state index contributed by atoms with van der Waals surface area (Å²) in [5, 5.41) is 9.06. The highest BCUT2D eigenvalue weighted by Gasteiger charge is 2.12. The van der Waals surface area contributed by atoms with Crippen molar-refractivity contribution in [2.45, 2.75) is 13.3 Å². The summed E-state index contributed by atoms with van der Waals surface area (Å²) in [4.78, 5) is 16.0. The number of rotatable bonds is 5. The molecule has 0 saturated heterocycles. The number of anilines is 2. The third-order valence-electron chi connectivity index (χ3n) is 2.49. The summed E-state index contributed by atoms with van der Waals surface area (Å²) in [5.74, 6) is 0.184. The predicted octanol–water partition coefficient (Wildman–Crippen LogP) is 0.991. The number of nitrogens with one attached hydrogen (secondary N) is 3. The van der Waals surface area contributed by atoms with Crippen LogP contribution in [0.5, 0.6) is 0 Å². The van der Waals surface area contributed by atoms with Crippen molar-refractivity contribution in [2.24, 2.45) is 0 Å². The van der Waals surface area contributed by atoms with Gasteiger partial charge in [-0.15, -0.1) is 5.10 Å². The van der Waals surface area contributed by atoms with Crippen LogP contribution >= 0.6 is 0 Å². The average Bonchev–Trinajstić information content (AvgIpc) is 2.85. The van der Waals surface area contributed by atoms with Crippen LogP contribution in [-0.4, -0.2) is 35.8 Å². The Morgan fingerprint density at radius 1 is 1.33 bits per heavy atom. The van der Waals surface area contributed by atoms with E-state index in [1.807, 2.05) is 6.92 Å². The van der Waals surface area contributed by atoms with E-state index < -0.39 is 15.9 Å². The molecule has 8 nitrogen and oxygen atoms in total. The third-order valence-corrected chi connectivity index (χ3v) is 3.10. The molecule has 0 spiro atoms. The zero-order valence-corrected chi connectivity index (χ0v) is 12.4. The number of hydrogen-bond acceptors (Lipinski definition) is 5. The van der Waals surface area contributed by atoms with E-state index in [0.717, 1.165) is 6.26 Å². The van der Waals surface area contributed by atoms with Crippen LogP contribution in [0, 0.1) is 0 Å². The molecule has 0 aliphatic rings. The Labute approximate surface area is 122 Å². The summed E-state index contributed by atoms with van der Waals surface area (Å²) in [6, 6.07) is 6.35. The number of aromatic nitrogens is 3. The minimum absolute atomic E-state index is 0.0355. The van der Waals surface area contributed by atoms with E-state index in [1.165, 1.54) is 6.07 Å². The summed E-state index contributed by atoms with van der Waals surface area (Å²) >= 11 is 0. The molecule has 0 aliphatic heterocycles. The fourth-order valence-corrected chi connectivity index (χ4v) is 2.17. The van der Waals surface area contributed by atoms with Gasteiger partial charge in [-0.1, -0.05) is 13.0 Å². The van der Waals surface area contributed by atoms with Crippen molar-refractivity contribution in [3.8, 4) is 0 Å². The van der Waals surface area contributed by atoms with Gasteiger partial charge >= 0.3 is 0 Å². The number of sulfonamides is 1. The van der Waals surface area contributed by atoms with Crippen molar-refractivity contribution in [1.82, 2.24) is 15.2 Å². The molecule has 0 saturated carbocycles. The molecule has 0 atom stereocenters. The molecule has 0 radical (unpaired) electrons. The van der Waals surface area contributed by atoms with Gasteiger partial charge in [0.05, 0.1) is 11.9 Å². The molecule has 0 bridgehead atoms. The molecule has 21 heavy (non-hydrogen) atoms. The maximum absolute atomic E-state index is 11.9. The Balaban J connectivity index is 2.12. The molecule has 1 heterocycles. The minimum atomic E-state index is -3.37. The van der Waals surface area contributed by atoms with E-state index >= 15 is 0 Å². The third kappa shape index (κ3) is 4.28. The molecule has 2 rings (SSSR count). The van der Waals surface area contributed by atoms with Gasteiger partial charge in [0.1, 0.15) is 5.82 Å². The number of nitrogens with zero attached hydrogens (tertiary/aromatic N) is 2. The van der Waals surface area contributed by atoms with Crippen molar-refractivity contribution in [3.05, 3.63) is 35.9 Å². The fourth-order valence-electron chi connectivity index (χ4n) is 1.62. The van der Waals surface area contributed by atoms with E-state index in [4.69, 9.17) is 0 Å². The number of H-pyrrole nitrogens is 1. The first-order chi connectivity index (χ1) is 9.87. The molecular formula is C12H15N5O3S. The van der Waals surface area contributed by atoms with Gasteiger partial charge in [-0.3, -0.25) is 14.6 Å². The highest BCUT2D eigenvalue weighted by molar-refractivity contribution is 7.92. The number of amides is 1. The molecule has 1 amide bonds. The fraction of sp³-hybridized carbons (Fsp3) is 0.250. The molecular weight excluding hydrogens is 294 g/mol. The van der Waals surface area contributed by atoms with Crippen molar-refractivity contribution in [3.63, 3.8) is 0 Å². The highest BCUT2D eigenvalue weighted by Crippen LogP contribution is 2.16. The lowest BCUT2D eigenvalue weighted by Crippen LogP contribution is -2.14. The van der Waals surface area contributed by atoms with E-state index in [9.17, 15) is 13.2 Å². The van der Waals surface area contributed by atoms with Gasteiger partial charge in [-0.05, 0) is 18.2 Å². The Kier molecular flexibility index (Phi) is 4.22. The summed E-state index contributed by atoms with van der Waals surface area (Å²) in [6.07, 6.45) is 1.70. The van der Waals surface area contributed by atoms with Crippen LogP contribution in [0.15, 0.2) is 24.3 Å². The number of benzene rings is 1. The predicted molar refractivity (Wildman–Crippen MR) is 78.6 cm³/mol. The summed E-state index contributed by atoms with van der Waals surface area (Å²) in [7, 11) is -3.37. The first-order valence-corrected chi connectivity index (χ1v) is 8.07. The van der Waals surface area contributed by atoms with Crippen molar-refractivity contribution < 1.29 is 13.2 Å². The molecule has 9 heteroatoms. The maximum Gasteiger partial charge on any atom is 0.295 e. The Bertz CT molecular complexity index is 754. The first-order valence-electron chi connectivity index (χ1n) is 6.18. The van der Waals surface area contributed by atoms with E-state index in [0.29, 0.717) is 23.6 Å². The molecule has 0 fully saturated rings. The summed E-state index contributed by atoms with van der Waals surface area (Å²) in [5.41, 5.74) is 0.802. The quantitative estimate of drug-likeness (QED) is 0.761. The maximum atomic E-state index is 11.9. The van der Waals surface area contributed by atoms with Crippen molar-refractivity contribution in [1.29, 1.82) is 0 Å². The lowest BCUT2D eigenvalue weighted by molar-refractivity contribution is 0.101. The minimum Gasteiger partial charge on any atom is -0.319 e. The smallest absolute Gasteiger partial charge is 0.295 e. The lowest BCUT2D eigenvalue weighted by Gasteiger charge is -2.07. The normalized spacial score (nSPS) is 11.1. The SMILES string of the molecule is CCc1nc(C(=O)Nc2cccc(NS(C)(=O)=O)c2)n[nH]1. The Hall–Kier alpha value is -2.42. The largest absolute Gasteiger partial charge is 0.319 e. The van der Waals surface area contributed by atoms with Crippen LogP contribution < -0.4 is 10.0 Å². The zero-order chi connectivity index (χ0) is 15.5. The molecule has 1 aromatic carbocycles. The van der Waals surface area contributed by atoms with E-state index in [1.54, 1.807) is 18.2 Å². The van der Waals surface area contributed by atoms with Gasteiger partial charge in [0, 0.05) is 12.1 Å². The molecule has 3 N–H and O–H groups in total. The standard InChI is InChI=1S/C12H15N5O3S/c1-3-10-14-11(16-15-10)12(18)13-8-5-4-6-9(7-8)17-21(2,19)20/h4-7,17H,3H2,1-2H3,(H,13,18)(H,14,15,16).